The van der Waals surface area contributed by atoms with E-state index in [4.69, 9.17) is 17.3 Å². The summed E-state index contributed by atoms with van der Waals surface area (Å²) in [5.74, 6) is 0. The molecular formula is C13H21ClN2O2S. The van der Waals surface area contributed by atoms with Gasteiger partial charge < -0.3 is 5.73 Å². The van der Waals surface area contributed by atoms with Gasteiger partial charge in [0.15, 0.2) is 0 Å². The SMILES string of the molecule is CCCCC(CN)NS(=O)(=O)c1cc(Cl)ccc1C. The fraction of sp³-hybridized carbons (Fsp3) is 0.538. The molecule has 0 radical (unpaired) electrons. The minimum absolute atomic E-state index is 0.218. The summed E-state index contributed by atoms with van der Waals surface area (Å²) in [6, 6.07) is 4.60. The van der Waals surface area contributed by atoms with E-state index in [0.717, 1.165) is 19.3 Å². The van der Waals surface area contributed by atoms with Crippen LogP contribution in [0.15, 0.2) is 23.1 Å². The fourth-order valence-electron chi connectivity index (χ4n) is 1.82. The molecule has 3 N–H and O–H groups in total. The molecule has 0 spiro atoms. The third-order valence-corrected chi connectivity index (χ3v) is 4.85. The number of unbranched alkanes of at least 4 members (excludes halogenated alkanes) is 1. The molecule has 0 heterocycles. The molecule has 0 bridgehead atoms. The molecule has 108 valence electrons. The van der Waals surface area contributed by atoms with Crippen LogP contribution in [0.5, 0.6) is 0 Å². The normalized spacial score (nSPS) is 13.5. The van der Waals surface area contributed by atoms with E-state index in [0.29, 0.717) is 17.1 Å². The molecule has 1 unspecified atom stereocenters. The zero-order valence-electron chi connectivity index (χ0n) is 11.3. The summed E-state index contributed by atoms with van der Waals surface area (Å²) in [5, 5.41) is 0.406. The Balaban J connectivity index is 2.93. The van der Waals surface area contributed by atoms with Crippen molar-refractivity contribution in [1.29, 1.82) is 0 Å². The molecule has 0 aromatic heterocycles. The molecule has 0 saturated carbocycles. The molecule has 1 atom stereocenters. The maximum atomic E-state index is 12.3. The summed E-state index contributed by atoms with van der Waals surface area (Å²) in [7, 11) is -3.57. The predicted octanol–water partition coefficient (Wildman–Crippen LogP) is 2.44. The molecule has 0 amide bonds. The number of nitrogens with two attached hydrogens (primary N) is 1. The van der Waals surface area contributed by atoms with E-state index in [-0.39, 0.29) is 10.9 Å². The summed E-state index contributed by atoms with van der Waals surface area (Å²) in [5.41, 5.74) is 6.28. The Labute approximate surface area is 120 Å². The summed E-state index contributed by atoms with van der Waals surface area (Å²) in [6.07, 6.45) is 2.69. The Morgan fingerprint density at radius 2 is 2.11 bits per heavy atom. The lowest BCUT2D eigenvalue weighted by Crippen LogP contribution is -2.40. The summed E-state index contributed by atoms with van der Waals surface area (Å²) >= 11 is 5.86. The fourth-order valence-corrected chi connectivity index (χ4v) is 3.61. The van der Waals surface area contributed by atoms with E-state index in [9.17, 15) is 8.42 Å². The van der Waals surface area contributed by atoms with Crippen molar-refractivity contribution < 1.29 is 8.42 Å². The van der Waals surface area contributed by atoms with Crippen LogP contribution in [0, 0.1) is 6.92 Å². The van der Waals surface area contributed by atoms with Gasteiger partial charge >= 0.3 is 0 Å². The van der Waals surface area contributed by atoms with Crippen LogP contribution in [0.25, 0.3) is 0 Å². The number of halogens is 1. The van der Waals surface area contributed by atoms with E-state index >= 15 is 0 Å². The van der Waals surface area contributed by atoms with Gasteiger partial charge in [0, 0.05) is 17.6 Å². The van der Waals surface area contributed by atoms with Crippen molar-refractivity contribution >= 4 is 21.6 Å². The van der Waals surface area contributed by atoms with Gasteiger partial charge in [-0.1, -0.05) is 37.4 Å². The number of benzene rings is 1. The first-order valence-electron chi connectivity index (χ1n) is 6.39. The minimum atomic E-state index is -3.57. The lowest BCUT2D eigenvalue weighted by molar-refractivity contribution is 0.516. The van der Waals surface area contributed by atoms with E-state index in [1.54, 1.807) is 19.1 Å². The first-order chi connectivity index (χ1) is 8.90. The van der Waals surface area contributed by atoms with Crippen molar-refractivity contribution in [3.05, 3.63) is 28.8 Å². The largest absolute Gasteiger partial charge is 0.329 e. The number of aryl methyl sites for hydroxylation is 1. The Bertz CT molecular complexity index is 517. The van der Waals surface area contributed by atoms with Crippen molar-refractivity contribution in [1.82, 2.24) is 4.72 Å². The van der Waals surface area contributed by atoms with Crippen LogP contribution in [0.1, 0.15) is 31.7 Å². The maximum absolute atomic E-state index is 12.3. The lowest BCUT2D eigenvalue weighted by Gasteiger charge is -2.17. The first kappa shape index (κ1) is 16.4. The monoisotopic (exact) mass is 304 g/mol. The van der Waals surface area contributed by atoms with Crippen LogP contribution in [-0.2, 0) is 10.0 Å². The van der Waals surface area contributed by atoms with Crippen molar-refractivity contribution in [2.24, 2.45) is 5.73 Å². The zero-order chi connectivity index (χ0) is 14.5. The van der Waals surface area contributed by atoms with Crippen LogP contribution in [0.3, 0.4) is 0 Å². The van der Waals surface area contributed by atoms with E-state index in [2.05, 4.69) is 11.6 Å². The van der Waals surface area contributed by atoms with Crippen LogP contribution in [0.2, 0.25) is 5.02 Å². The molecule has 0 fully saturated rings. The van der Waals surface area contributed by atoms with Gasteiger partial charge in [-0.3, -0.25) is 0 Å². The van der Waals surface area contributed by atoms with Gasteiger partial charge in [-0.2, -0.15) is 0 Å². The topological polar surface area (TPSA) is 72.2 Å². The molecule has 0 saturated heterocycles. The third-order valence-electron chi connectivity index (χ3n) is 2.95. The quantitative estimate of drug-likeness (QED) is 0.812. The summed E-state index contributed by atoms with van der Waals surface area (Å²) in [6.45, 7) is 4.09. The van der Waals surface area contributed by atoms with Crippen LogP contribution in [0.4, 0.5) is 0 Å². The summed E-state index contributed by atoms with van der Waals surface area (Å²) in [4.78, 5) is 0.218. The second-order valence-electron chi connectivity index (χ2n) is 4.61. The van der Waals surface area contributed by atoms with Crippen molar-refractivity contribution in [2.75, 3.05) is 6.54 Å². The number of hydrogen-bond acceptors (Lipinski definition) is 3. The van der Waals surface area contributed by atoms with Crippen LogP contribution < -0.4 is 10.5 Å². The Morgan fingerprint density at radius 1 is 1.42 bits per heavy atom. The van der Waals surface area contributed by atoms with Crippen molar-refractivity contribution in [2.45, 2.75) is 44.0 Å². The molecule has 4 nitrogen and oxygen atoms in total. The van der Waals surface area contributed by atoms with E-state index in [1.807, 2.05) is 0 Å². The average molecular weight is 305 g/mol. The van der Waals surface area contributed by atoms with E-state index in [1.165, 1.54) is 6.07 Å². The van der Waals surface area contributed by atoms with Gasteiger partial charge in [-0.25, -0.2) is 13.1 Å². The molecule has 6 heteroatoms. The van der Waals surface area contributed by atoms with Crippen molar-refractivity contribution in [3.8, 4) is 0 Å². The van der Waals surface area contributed by atoms with Gasteiger partial charge in [-0.05, 0) is 31.0 Å². The molecular weight excluding hydrogens is 284 g/mol. The molecule has 19 heavy (non-hydrogen) atoms. The lowest BCUT2D eigenvalue weighted by atomic mass is 10.1. The highest BCUT2D eigenvalue weighted by molar-refractivity contribution is 7.89. The van der Waals surface area contributed by atoms with Gasteiger partial charge in [0.05, 0.1) is 4.90 Å². The molecule has 0 aliphatic heterocycles. The number of sulfonamides is 1. The van der Waals surface area contributed by atoms with Crippen LogP contribution in [-0.4, -0.2) is 21.0 Å². The highest BCUT2D eigenvalue weighted by Gasteiger charge is 2.21. The standard InChI is InChI=1S/C13H21ClN2O2S/c1-3-4-5-12(9-15)16-19(17,18)13-8-11(14)7-6-10(13)2/h6-8,12,16H,3-5,9,15H2,1-2H3. The smallest absolute Gasteiger partial charge is 0.241 e. The predicted molar refractivity (Wildman–Crippen MR) is 78.9 cm³/mol. The summed E-state index contributed by atoms with van der Waals surface area (Å²) < 4.78 is 27.3. The Hall–Kier alpha value is -0.620. The molecule has 0 aliphatic rings. The maximum Gasteiger partial charge on any atom is 0.241 e. The van der Waals surface area contributed by atoms with Crippen LogP contribution >= 0.6 is 11.6 Å². The Morgan fingerprint density at radius 3 is 2.68 bits per heavy atom. The number of nitrogens with one attached hydrogen (secondary N) is 1. The number of rotatable bonds is 7. The van der Waals surface area contributed by atoms with Gasteiger partial charge in [0.1, 0.15) is 0 Å². The molecule has 1 rings (SSSR count). The van der Waals surface area contributed by atoms with Crippen molar-refractivity contribution in [3.63, 3.8) is 0 Å². The molecule has 0 aliphatic carbocycles. The molecule has 1 aromatic rings. The molecule has 1 aromatic carbocycles. The van der Waals surface area contributed by atoms with Gasteiger partial charge in [0.25, 0.3) is 0 Å². The number of hydrogen-bond donors (Lipinski definition) is 2. The first-order valence-corrected chi connectivity index (χ1v) is 8.25. The second-order valence-corrected chi connectivity index (χ2v) is 6.72. The van der Waals surface area contributed by atoms with Gasteiger partial charge in [-0.15, -0.1) is 0 Å². The highest BCUT2D eigenvalue weighted by Crippen LogP contribution is 2.20. The highest BCUT2D eigenvalue weighted by atomic mass is 35.5. The zero-order valence-corrected chi connectivity index (χ0v) is 12.9. The third kappa shape index (κ3) is 4.76. The Kier molecular flexibility index (Phi) is 6.26. The minimum Gasteiger partial charge on any atom is -0.329 e. The second kappa shape index (κ2) is 7.24. The van der Waals surface area contributed by atoms with E-state index < -0.39 is 10.0 Å². The average Bonchev–Trinajstić information content (AvgIpc) is 2.37. The van der Waals surface area contributed by atoms with Gasteiger partial charge in [0.2, 0.25) is 10.0 Å².